The first kappa shape index (κ1) is 14.6. The minimum absolute atomic E-state index is 0.289. The molecule has 0 radical (unpaired) electrons. The largest absolute Gasteiger partial charge is 0.584 e. The van der Waals surface area contributed by atoms with Crippen LogP contribution in [0, 0.1) is 0 Å². The highest BCUT2D eigenvalue weighted by Gasteiger charge is 2.24. The summed E-state index contributed by atoms with van der Waals surface area (Å²) in [6.45, 7) is 4.15. The SMILES string of the molecule is CC(C)c1ccc(OP(=O)(O)Oc2ccccc2)cc1. The number of hydrogen-bond acceptors (Lipinski definition) is 3. The first-order chi connectivity index (χ1) is 9.46. The number of rotatable bonds is 5. The Morgan fingerprint density at radius 1 is 0.900 bits per heavy atom. The standard InChI is InChI=1S/C15H17O4P/c1-12(2)13-8-10-15(11-9-13)19-20(16,17)18-14-6-4-3-5-7-14/h3-12H,1-2H3,(H,16,17). The molecule has 0 aromatic heterocycles. The first-order valence-corrected chi connectivity index (χ1v) is 7.83. The van der Waals surface area contributed by atoms with Crippen molar-refractivity contribution < 1.29 is 18.5 Å². The average molecular weight is 292 g/mol. The molecule has 2 aromatic carbocycles. The Kier molecular flexibility index (Phi) is 4.48. The summed E-state index contributed by atoms with van der Waals surface area (Å²) in [5, 5.41) is 0. The Bertz CT molecular complexity index is 593. The molecule has 0 saturated heterocycles. The van der Waals surface area contributed by atoms with E-state index in [0.717, 1.165) is 5.56 Å². The number of phosphoric acid groups is 1. The molecule has 0 aliphatic rings. The summed E-state index contributed by atoms with van der Waals surface area (Å²) in [5.74, 6) is 0.985. The Hall–Kier alpha value is -1.77. The summed E-state index contributed by atoms with van der Waals surface area (Å²) in [5.41, 5.74) is 1.13. The van der Waals surface area contributed by atoms with Crippen molar-refractivity contribution in [1.82, 2.24) is 0 Å². The van der Waals surface area contributed by atoms with Crippen molar-refractivity contribution in [1.29, 1.82) is 0 Å². The van der Waals surface area contributed by atoms with Crippen LogP contribution in [0.4, 0.5) is 0 Å². The molecule has 1 unspecified atom stereocenters. The summed E-state index contributed by atoms with van der Waals surface area (Å²) in [7, 11) is -4.18. The molecule has 0 fully saturated rings. The maximum absolute atomic E-state index is 11.9. The van der Waals surface area contributed by atoms with Gasteiger partial charge in [0.25, 0.3) is 0 Å². The van der Waals surface area contributed by atoms with E-state index in [9.17, 15) is 9.46 Å². The van der Waals surface area contributed by atoms with Gasteiger partial charge in [-0.25, -0.2) is 4.57 Å². The van der Waals surface area contributed by atoms with Gasteiger partial charge in [0.15, 0.2) is 0 Å². The highest BCUT2D eigenvalue weighted by molar-refractivity contribution is 7.48. The molecule has 106 valence electrons. The van der Waals surface area contributed by atoms with Crippen LogP contribution in [-0.4, -0.2) is 4.89 Å². The summed E-state index contributed by atoms with van der Waals surface area (Å²) in [4.78, 5) is 9.71. The van der Waals surface area contributed by atoms with Gasteiger partial charge < -0.3 is 9.05 Å². The Labute approximate surface area is 118 Å². The van der Waals surface area contributed by atoms with Gasteiger partial charge in [-0.15, -0.1) is 0 Å². The second kappa shape index (κ2) is 6.12. The normalized spacial score (nSPS) is 13.8. The topological polar surface area (TPSA) is 55.8 Å². The number of benzene rings is 2. The summed E-state index contributed by atoms with van der Waals surface area (Å²) < 4.78 is 21.9. The van der Waals surface area contributed by atoms with Gasteiger partial charge in [-0.3, -0.25) is 4.89 Å². The minimum atomic E-state index is -4.18. The highest BCUT2D eigenvalue weighted by atomic mass is 31.2. The van der Waals surface area contributed by atoms with Crippen LogP contribution in [0.25, 0.3) is 0 Å². The zero-order chi connectivity index (χ0) is 14.6. The number of para-hydroxylation sites is 1. The Balaban J connectivity index is 2.06. The molecule has 5 heteroatoms. The second-order valence-electron chi connectivity index (χ2n) is 4.69. The fraction of sp³-hybridized carbons (Fsp3) is 0.200. The Morgan fingerprint density at radius 3 is 1.90 bits per heavy atom. The fourth-order valence-electron chi connectivity index (χ4n) is 1.68. The maximum Gasteiger partial charge on any atom is 0.584 e. The van der Waals surface area contributed by atoms with Crippen LogP contribution in [0.15, 0.2) is 54.6 Å². The summed E-state index contributed by atoms with van der Waals surface area (Å²) >= 11 is 0. The van der Waals surface area contributed by atoms with Crippen molar-refractivity contribution in [3.05, 3.63) is 60.2 Å². The fourth-order valence-corrected chi connectivity index (χ4v) is 2.49. The van der Waals surface area contributed by atoms with Crippen LogP contribution < -0.4 is 9.05 Å². The predicted octanol–water partition coefficient (Wildman–Crippen LogP) is 4.37. The molecule has 0 spiro atoms. The predicted molar refractivity (Wildman–Crippen MR) is 78.1 cm³/mol. The van der Waals surface area contributed by atoms with Gasteiger partial charge in [0, 0.05) is 0 Å². The van der Waals surface area contributed by atoms with E-state index >= 15 is 0 Å². The van der Waals surface area contributed by atoms with E-state index in [-0.39, 0.29) is 5.75 Å². The van der Waals surface area contributed by atoms with Gasteiger partial charge >= 0.3 is 7.82 Å². The van der Waals surface area contributed by atoms with E-state index in [1.807, 2.05) is 12.1 Å². The van der Waals surface area contributed by atoms with Crippen molar-refractivity contribution in [3.63, 3.8) is 0 Å². The molecule has 2 aromatic rings. The molecular formula is C15H17O4P. The molecule has 1 N–H and O–H groups in total. The van der Waals surface area contributed by atoms with Crippen LogP contribution in [0.3, 0.4) is 0 Å². The van der Waals surface area contributed by atoms with Crippen LogP contribution in [0.1, 0.15) is 25.3 Å². The highest BCUT2D eigenvalue weighted by Crippen LogP contribution is 2.44. The average Bonchev–Trinajstić information content (AvgIpc) is 2.39. The van der Waals surface area contributed by atoms with E-state index in [2.05, 4.69) is 13.8 Å². The lowest BCUT2D eigenvalue weighted by atomic mass is 10.0. The van der Waals surface area contributed by atoms with Crippen LogP contribution >= 0.6 is 7.82 Å². The van der Waals surface area contributed by atoms with Gasteiger partial charge in [0.1, 0.15) is 11.5 Å². The molecule has 0 saturated carbocycles. The molecule has 0 amide bonds. The van der Waals surface area contributed by atoms with Crippen molar-refractivity contribution in [3.8, 4) is 11.5 Å². The molecule has 4 nitrogen and oxygen atoms in total. The molecule has 0 heterocycles. The van der Waals surface area contributed by atoms with Gasteiger partial charge in [0.2, 0.25) is 0 Å². The summed E-state index contributed by atoms with van der Waals surface area (Å²) in [6.07, 6.45) is 0. The Morgan fingerprint density at radius 2 is 1.40 bits per heavy atom. The third kappa shape index (κ3) is 4.12. The zero-order valence-electron chi connectivity index (χ0n) is 11.4. The van der Waals surface area contributed by atoms with Crippen molar-refractivity contribution in [2.45, 2.75) is 19.8 Å². The quantitative estimate of drug-likeness (QED) is 0.831. The molecule has 20 heavy (non-hydrogen) atoms. The van der Waals surface area contributed by atoms with E-state index in [0.29, 0.717) is 11.7 Å². The van der Waals surface area contributed by atoms with Crippen LogP contribution in [0.2, 0.25) is 0 Å². The minimum Gasteiger partial charge on any atom is -0.395 e. The third-order valence-corrected chi connectivity index (χ3v) is 3.61. The number of hydrogen-bond donors (Lipinski definition) is 1. The lowest BCUT2D eigenvalue weighted by Crippen LogP contribution is -1.99. The first-order valence-electron chi connectivity index (χ1n) is 6.33. The second-order valence-corrected chi connectivity index (χ2v) is 5.99. The van der Waals surface area contributed by atoms with Crippen molar-refractivity contribution >= 4 is 7.82 Å². The van der Waals surface area contributed by atoms with Gasteiger partial charge in [0.05, 0.1) is 0 Å². The van der Waals surface area contributed by atoms with E-state index in [1.165, 1.54) is 0 Å². The monoisotopic (exact) mass is 292 g/mol. The molecule has 0 aliphatic heterocycles. The lowest BCUT2D eigenvalue weighted by molar-refractivity contribution is 0.291. The van der Waals surface area contributed by atoms with Crippen LogP contribution in [-0.2, 0) is 4.57 Å². The van der Waals surface area contributed by atoms with Gasteiger partial charge in [-0.1, -0.05) is 44.2 Å². The summed E-state index contributed by atoms with van der Waals surface area (Å²) in [6, 6.07) is 15.5. The molecule has 2 rings (SSSR count). The molecular weight excluding hydrogens is 275 g/mol. The lowest BCUT2D eigenvalue weighted by Gasteiger charge is -2.14. The zero-order valence-corrected chi connectivity index (χ0v) is 12.3. The number of phosphoric ester groups is 1. The van der Waals surface area contributed by atoms with Crippen molar-refractivity contribution in [2.24, 2.45) is 0 Å². The van der Waals surface area contributed by atoms with E-state index in [1.54, 1.807) is 42.5 Å². The van der Waals surface area contributed by atoms with Gasteiger partial charge in [-0.05, 0) is 35.7 Å². The van der Waals surface area contributed by atoms with E-state index in [4.69, 9.17) is 9.05 Å². The van der Waals surface area contributed by atoms with E-state index < -0.39 is 7.82 Å². The molecule has 1 atom stereocenters. The van der Waals surface area contributed by atoms with Crippen LogP contribution in [0.5, 0.6) is 11.5 Å². The molecule has 0 aliphatic carbocycles. The molecule has 0 bridgehead atoms. The van der Waals surface area contributed by atoms with Gasteiger partial charge in [-0.2, -0.15) is 0 Å². The third-order valence-electron chi connectivity index (χ3n) is 2.73. The smallest absolute Gasteiger partial charge is 0.395 e. The van der Waals surface area contributed by atoms with Crippen molar-refractivity contribution in [2.75, 3.05) is 0 Å². The maximum atomic E-state index is 11.9.